The second-order valence-electron chi connectivity index (χ2n) is 5.45. The van der Waals surface area contributed by atoms with Gasteiger partial charge in [0, 0.05) is 31.2 Å². The first-order valence-electron chi connectivity index (χ1n) is 5.40. The summed E-state index contributed by atoms with van der Waals surface area (Å²) in [6.07, 6.45) is -0.719. The van der Waals surface area contributed by atoms with Crippen LogP contribution >= 0.6 is 0 Å². The van der Waals surface area contributed by atoms with E-state index in [4.69, 9.17) is 0 Å². The maximum Gasteiger partial charge on any atom is 0.110 e. The molecule has 0 aliphatic carbocycles. The van der Waals surface area contributed by atoms with E-state index < -0.39 is 6.17 Å². The summed E-state index contributed by atoms with van der Waals surface area (Å²) in [5.74, 6) is 0. The van der Waals surface area contributed by atoms with Crippen molar-refractivity contribution in [1.82, 2.24) is 9.80 Å². The molecule has 0 aromatic carbocycles. The van der Waals surface area contributed by atoms with Gasteiger partial charge in [-0.05, 0) is 34.7 Å². The molecule has 0 amide bonds. The number of alkyl halides is 1. The van der Waals surface area contributed by atoms with E-state index in [0.29, 0.717) is 12.6 Å². The standard InChI is InChI=1S/C11H23FN2/c1-9(12)6-13(5)10-7-14(8-10)11(2,3)4/h9-10H,6-8H2,1-5H3. The summed E-state index contributed by atoms with van der Waals surface area (Å²) in [6.45, 7) is 11.0. The van der Waals surface area contributed by atoms with Gasteiger partial charge < -0.3 is 0 Å². The van der Waals surface area contributed by atoms with Crippen molar-refractivity contribution in [1.29, 1.82) is 0 Å². The Morgan fingerprint density at radius 3 is 2.29 bits per heavy atom. The van der Waals surface area contributed by atoms with Crippen molar-refractivity contribution in [2.45, 2.75) is 45.4 Å². The summed E-state index contributed by atoms with van der Waals surface area (Å²) in [6, 6.07) is 0.549. The molecule has 1 rings (SSSR count). The molecule has 0 aromatic heterocycles. The highest BCUT2D eigenvalue weighted by Gasteiger charge is 2.36. The Morgan fingerprint density at radius 1 is 1.43 bits per heavy atom. The van der Waals surface area contributed by atoms with Crippen LogP contribution in [-0.4, -0.2) is 54.2 Å². The minimum absolute atomic E-state index is 0.263. The lowest BCUT2D eigenvalue weighted by Crippen LogP contribution is -2.64. The Hall–Kier alpha value is -0.150. The van der Waals surface area contributed by atoms with Gasteiger partial charge in [-0.25, -0.2) is 4.39 Å². The normalized spacial score (nSPS) is 22.5. The van der Waals surface area contributed by atoms with Crippen molar-refractivity contribution < 1.29 is 4.39 Å². The zero-order chi connectivity index (χ0) is 10.9. The number of hydrogen-bond acceptors (Lipinski definition) is 2. The molecule has 1 atom stereocenters. The van der Waals surface area contributed by atoms with Gasteiger partial charge >= 0.3 is 0 Å². The Morgan fingerprint density at radius 2 is 1.93 bits per heavy atom. The lowest BCUT2D eigenvalue weighted by Gasteiger charge is -2.50. The second-order valence-corrected chi connectivity index (χ2v) is 5.45. The fraction of sp³-hybridized carbons (Fsp3) is 1.00. The third-order valence-electron chi connectivity index (χ3n) is 2.97. The molecule has 3 heteroatoms. The average Bonchev–Trinajstić information content (AvgIpc) is 1.75. The van der Waals surface area contributed by atoms with Gasteiger partial charge in [-0.2, -0.15) is 0 Å². The van der Waals surface area contributed by atoms with Crippen LogP contribution in [0.4, 0.5) is 4.39 Å². The molecule has 0 aromatic rings. The molecule has 0 saturated carbocycles. The van der Waals surface area contributed by atoms with Crippen molar-refractivity contribution in [2.75, 3.05) is 26.7 Å². The van der Waals surface area contributed by atoms with Gasteiger partial charge in [0.2, 0.25) is 0 Å². The summed E-state index contributed by atoms with van der Waals surface area (Å²) in [5, 5.41) is 0. The quantitative estimate of drug-likeness (QED) is 0.688. The predicted octanol–water partition coefficient (Wildman–Crippen LogP) is 1.76. The number of hydrogen-bond donors (Lipinski definition) is 0. The Bertz CT molecular complexity index is 180. The molecule has 0 radical (unpaired) electrons. The summed E-state index contributed by atoms with van der Waals surface area (Å²) in [4.78, 5) is 4.56. The molecule has 0 spiro atoms. The van der Waals surface area contributed by atoms with Gasteiger partial charge in [0.15, 0.2) is 0 Å². The zero-order valence-corrected chi connectivity index (χ0v) is 10.0. The predicted molar refractivity (Wildman–Crippen MR) is 58.3 cm³/mol. The summed E-state index contributed by atoms with van der Waals surface area (Å²) in [7, 11) is 2.01. The Balaban J connectivity index is 2.27. The van der Waals surface area contributed by atoms with Crippen LogP contribution in [0.3, 0.4) is 0 Å². The van der Waals surface area contributed by atoms with Gasteiger partial charge in [0.25, 0.3) is 0 Å². The average molecular weight is 202 g/mol. The Kier molecular flexibility index (Phi) is 3.53. The van der Waals surface area contributed by atoms with Gasteiger partial charge in [0.1, 0.15) is 6.17 Å². The molecular formula is C11H23FN2. The fourth-order valence-electron chi connectivity index (χ4n) is 1.83. The van der Waals surface area contributed by atoms with Crippen LogP contribution in [0, 0.1) is 0 Å². The van der Waals surface area contributed by atoms with Crippen LogP contribution in [0.5, 0.6) is 0 Å². The zero-order valence-electron chi connectivity index (χ0n) is 10.0. The van der Waals surface area contributed by atoms with Crippen LogP contribution < -0.4 is 0 Å². The minimum atomic E-state index is -0.719. The van der Waals surface area contributed by atoms with Crippen molar-refractivity contribution in [3.63, 3.8) is 0 Å². The highest BCUT2D eigenvalue weighted by Crippen LogP contribution is 2.23. The lowest BCUT2D eigenvalue weighted by atomic mass is 9.97. The maximum absolute atomic E-state index is 12.7. The highest BCUT2D eigenvalue weighted by atomic mass is 19.1. The van der Waals surface area contributed by atoms with E-state index in [9.17, 15) is 4.39 Å². The molecule has 1 fully saturated rings. The minimum Gasteiger partial charge on any atom is -0.298 e. The molecule has 1 aliphatic rings. The monoisotopic (exact) mass is 202 g/mol. The van der Waals surface area contributed by atoms with E-state index >= 15 is 0 Å². The second kappa shape index (κ2) is 4.15. The van der Waals surface area contributed by atoms with Crippen molar-refractivity contribution in [3.05, 3.63) is 0 Å². The first kappa shape index (κ1) is 11.9. The molecule has 84 valence electrons. The highest BCUT2D eigenvalue weighted by molar-refractivity contribution is 4.93. The van der Waals surface area contributed by atoms with Crippen LogP contribution in [0.25, 0.3) is 0 Å². The van der Waals surface area contributed by atoms with E-state index in [0.717, 1.165) is 13.1 Å². The van der Waals surface area contributed by atoms with Crippen LogP contribution in [0.1, 0.15) is 27.7 Å². The molecule has 14 heavy (non-hydrogen) atoms. The molecule has 0 N–H and O–H groups in total. The number of halogens is 1. The summed E-state index contributed by atoms with van der Waals surface area (Å²) in [5.41, 5.74) is 0.263. The first-order chi connectivity index (χ1) is 6.30. The van der Waals surface area contributed by atoms with Gasteiger partial charge in [-0.1, -0.05) is 0 Å². The van der Waals surface area contributed by atoms with E-state index in [-0.39, 0.29) is 5.54 Å². The fourth-order valence-corrected chi connectivity index (χ4v) is 1.83. The van der Waals surface area contributed by atoms with Crippen LogP contribution in [0.15, 0.2) is 0 Å². The molecule has 1 aliphatic heterocycles. The van der Waals surface area contributed by atoms with Crippen molar-refractivity contribution in [2.24, 2.45) is 0 Å². The topological polar surface area (TPSA) is 6.48 Å². The van der Waals surface area contributed by atoms with Crippen molar-refractivity contribution >= 4 is 0 Å². The maximum atomic E-state index is 12.7. The third-order valence-corrected chi connectivity index (χ3v) is 2.97. The molecule has 1 saturated heterocycles. The van der Waals surface area contributed by atoms with E-state index in [1.54, 1.807) is 6.92 Å². The Labute approximate surface area is 87.1 Å². The SMILES string of the molecule is CC(F)CN(C)C1CN(C(C)(C)C)C1. The van der Waals surface area contributed by atoms with E-state index in [1.807, 2.05) is 7.05 Å². The lowest BCUT2D eigenvalue weighted by molar-refractivity contribution is -0.0180. The number of likely N-dealkylation sites (tertiary alicyclic amines) is 1. The van der Waals surface area contributed by atoms with E-state index in [1.165, 1.54) is 0 Å². The number of rotatable bonds is 3. The van der Waals surface area contributed by atoms with Crippen LogP contribution in [0.2, 0.25) is 0 Å². The summed E-state index contributed by atoms with van der Waals surface area (Å²) < 4.78 is 12.7. The molecule has 2 nitrogen and oxygen atoms in total. The van der Waals surface area contributed by atoms with Crippen molar-refractivity contribution in [3.8, 4) is 0 Å². The van der Waals surface area contributed by atoms with Gasteiger partial charge in [-0.15, -0.1) is 0 Å². The largest absolute Gasteiger partial charge is 0.298 e. The third kappa shape index (κ3) is 2.92. The summed E-state index contributed by atoms with van der Waals surface area (Å²) >= 11 is 0. The molecule has 1 unspecified atom stereocenters. The molecule has 0 bridgehead atoms. The van der Waals surface area contributed by atoms with Gasteiger partial charge in [0.05, 0.1) is 0 Å². The van der Waals surface area contributed by atoms with E-state index in [2.05, 4.69) is 30.6 Å². The smallest absolute Gasteiger partial charge is 0.110 e. The first-order valence-corrected chi connectivity index (χ1v) is 5.40. The number of nitrogens with zero attached hydrogens (tertiary/aromatic N) is 2. The molecule has 1 heterocycles. The van der Waals surface area contributed by atoms with Gasteiger partial charge in [-0.3, -0.25) is 9.80 Å². The number of likely N-dealkylation sites (N-methyl/N-ethyl adjacent to an activating group) is 1. The molecular weight excluding hydrogens is 179 g/mol. The van der Waals surface area contributed by atoms with Crippen LogP contribution in [-0.2, 0) is 0 Å².